The minimum atomic E-state index is -4.09. The van der Waals surface area contributed by atoms with Crippen LogP contribution in [0.2, 0.25) is 5.02 Å². The maximum atomic E-state index is 12.2. The number of rotatable bonds is 9. The molecule has 0 spiro atoms. The van der Waals surface area contributed by atoms with Crippen LogP contribution in [0.3, 0.4) is 0 Å². The van der Waals surface area contributed by atoms with E-state index < -0.39 is 12.6 Å². The Labute approximate surface area is 175 Å². The third-order valence-electron chi connectivity index (χ3n) is 4.80. The molecule has 1 saturated heterocycles. The number of halogens is 4. The van der Waals surface area contributed by atoms with Crippen molar-refractivity contribution in [3.8, 4) is 5.75 Å². The topological polar surface area (TPSA) is 44.8 Å². The van der Waals surface area contributed by atoms with E-state index in [4.69, 9.17) is 16.3 Å². The molecule has 0 saturated carbocycles. The number of amides is 1. The van der Waals surface area contributed by atoms with Gasteiger partial charge in [-0.3, -0.25) is 4.79 Å². The lowest BCUT2D eigenvalue weighted by Gasteiger charge is -2.32. The Morgan fingerprint density at radius 3 is 2.59 bits per heavy atom. The maximum Gasteiger partial charge on any atom is 0.389 e. The highest BCUT2D eigenvalue weighted by Gasteiger charge is 2.27. The Morgan fingerprint density at radius 2 is 2.00 bits per heavy atom. The zero-order chi connectivity index (χ0) is 21.4. The van der Waals surface area contributed by atoms with E-state index in [1.165, 1.54) is 0 Å². The number of nitrogens with one attached hydrogen (secondary N) is 1. The summed E-state index contributed by atoms with van der Waals surface area (Å²) in [7, 11) is 3.87. The molecule has 2 rings (SSSR count). The average molecular weight is 436 g/mol. The summed E-state index contributed by atoms with van der Waals surface area (Å²) in [4.78, 5) is 16.2. The number of piperidine rings is 1. The third-order valence-corrected chi connectivity index (χ3v) is 5.10. The minimum Gasteiger partial charge on any atom is -0.489 e. The first-order valence-electron chi connectivity index (χ1n) is 9.82. The third kappa shape index (κ3) is 8.80. The number of hydrogen-bond donors (Lipinski definition) is 1. The molecule has 0 radical (unpaired) electrons. The highest BCUT2D eigenvalue weighted by molar-refractivity contribution is 6.32. The number of likely N-dealkylation sites (N-methyl/N-ethyl adjacent to an activating group) is 1. The second-order valence-electron chi connectivity index (χ2n) is 7.58. The van der Waals surface area contributed by atoms with Crippen LogP contribution >= 0.6 is 11.6 Å². The van der Waals surface area contributed by atoms with Gasteiger partial charge < -0.3 is 19.9 Å². The number of carbonyl (C=O) groups excluding carboxylic acids is 1. The van der Waals surface area contributed by atoms with E-state index in [9.17, 15) is 18.0 Å². The van der Waals surface area contributed by atoms with Gasteiger partial charge in [-0.1, -0.05) is 11.6 Å². The largest absolute Gasteiger partial charge is 0.489 e. The van der Waals surface area contributed by atoms with Crippen molar-refractivity contribution in [1.82, 2.24) is 15.1 Å². The molecule has 1 fully saturated rings. The Bertz CT molecular complexity index is 663. The summed E-state index contributed by atoms with van der Waals surface area (Å²) in [5.74, 6) is 0.333. The molecule has 9 heteroatoms. The second-order valence-corrected chi connectivity index (χ2v) is 7.99. The molecular weight excluding hydrogens is 407 g/mol. The van der Waals surface area contributed by atoms with Gasteiger partial charge in [0.2, 0.25) is 0 Å². The fraction of sp³-hybridized carbons (Fsp3) is 0.650. The quantitative estimate of drug-likeness (QED) is 0.640. The highest BCUT2D eigenvalue weighted by Crippen LogP contribution is 2.29. The number of benzene rings is 1. The summed E-state index contributed by atoms with van der Waals surface area (Å²) >= 11 is 6.29. The summed E-state index contributed by atoms with van der Waals surface area (Å²) in [6.07, 6.45) is -3.28. The molecule has 0 bridgehead atoms. The summed E-state index contributed by atoms with van der Waals surface area (Å²) in [6, 6.07) is 4.96. The Hall–Kier alpha value is -1.51. The smallest absolute Gasteiger partial charge is 0.389 e. The number of likely N-dealkylation sites (tertiary alicyclic amines) is 1. The molecule has 0 unspecified atom stereocenters. The number of alkyl halides is 3. The molecule has 1 aromatic rings. The van der Waals surface area contributed by atoms with Crippen LogP contribution < -0.4 is 10.1 Å². The van der Waals surface area contributed by atoms with Crippen molar-refractivity contribution in [3.63, 3.8) is 0 Å². The number of ether oxygens (including phenoxy) is 1. The van der Waals surface area contributed by atoms with Gasteiger partial charge in [0.1, 0.15) is 11.9 Å². The van der Waals surface area contributed by atoms with Gasteiger partial charge in [0.25, 0.3) is 5.91 Å². The second kappa shape index (κ2) is 11.0. The van der Waals surface area contributed by atoms with Crippen LogP contribution in [0.4, 0.5) is 13.2 Å². The zero-order valence-corrected chi connectivity index (χ0v) is 17.7. The Kier molecular flexibility index (Phi) is 9.04. The van der Waals surface area contributed by atoms with Crippen LogP contribution in [0.15, 0.2) is 18.2 Å². The molecule has 0 aromatic heterocycles. The number of nitrogens with zero attached hydrogens (tertiary/aromatic N) is 2. The lowest BCUT2D eigenvalue weighted by Crippen LogP contribution is -2.39. The molecular formula is C20H29ClF3N3O2. The van der Waals surface area contributed by atoms with Gasteiger partial charge in [-0.05, 0) is 58.1 Å². The summed E-state index contributed by atoms with van der Waals surface area (Å²) < 4.78 is 42.7. The molecule has 1 amide bonds. The SMILES string of the molecule is CN(C)CCNC(=O)c1ccc(OC2CCN(CCCC(F)(F)F)CC2)c(Cl)c1. The molecule has 1 heterocycles. The lowest BCUT2D eigenvalue weighted by atomic mass is 10.1. The van der Waals surface area contributed by atoms with E-state index >= 15 is 0 Å². The van der Waals surface area contributed by atoms with Crippen LogP contribution in [0.25, 0.3) is 0 Å². The number of hydrogen-bond acceptors (Lipinski definition) is 4. The van der Waals surface area contributed by atoms with Gasteiger partial charge in [-0.15, -0.1) is 0 Å². The standard InChI is InChI=1S/C20H29ClF3N3O2/c1-26(2)13-9-25-19(28)15-4-5-18(17(21)14-15)29-16-6-11-27(12-7-16)10-3-8-20(22,23)24/h4-5,14,16H,3,6-13H2,1-2H3,(H,25,28). The van der Waals surface area contributed by atoms with Gasteiger partial charge in [-0.2, -0.15) is 13.2 Å². The molecule has 1 aliphatic rings. The molecule has 5 nitrogen and oxygen atoms in total. The van der Waals surface area contributed by atoms with Gasteiger partial charge in [-0.25, -0.2) is 0 Å². The van der Waals surface area contributed by atoms with Crippen LogP contribution in [0.5, 0.6) is 5.75 Å². The van der Waals surface area contributed by atoms with E-state index in [1.807, 2.05) is 23.9 Å². The maximum absolute atomic E-state index is 12.2. The monoisotopic (exact) mass is 435 g/mol. The normalized spacial score (nSPS) is 16.2. The van der Waals surface area contributed by atoms with E-state index in [1.54, 1.807) is 18.2 Å². The first-order chi connectivity index (χ1) is 13.6. The molecule has 29 heavy (non-hydrogen) atoms. The lowest BCUT2D eigenvalue weighted by molar-refractivity contribution is -0.136. The van der Waals surface area contributed by atoms with E-state index in [2.05, 4.69) is 5.32 Å². The van der Waals surface area contributed by atoms with Gasteiger partial charge in [0.05, 0.1) is 5.02 Å². The van der Waals surface area contributed by atoms with E-state index in [0.717, 1.165) is 19.4 Å². The van der Waals surface area contributed by atoms with Crippen LogP contribution in [-0.2, 0) is 0 Å². The van der Waals surface area contributed by atoms with Crippen LogP contribution in [-0.4, -0.2) is 74.8 Å². The van der Waals surface area contributed by atoms with Crippen molar-refractivity contribution in [2.45, 2.75) is 38.0 Å². The van der Waals surface area contributed by atoms with Crippen molar-refractivity contribution in [3.05, 3.63) is 28.8 Å². The number of carbonyl (C=O) groups is 1. The first kappa shape index (κ1) is 23.8. The summed E-state index contributed by atoms with van der Waals surface area (Å²) in [5, 5.41) is 3.21. The highest BCUT2D eigenvalue weighted by atomic mass is 35.5. The summed E-state index contributed by atoms with van der Waals surface area (Å²) in [6.45, 7) is 3.14. The van der Waals surface area contributed by atoms with Crippen molar-refractivity contribution >= 4 is 17.5 Å². The molecule has 0 aliphatic carbocycles. The molecule has 1 aromatic carbocycles. The van der Waals surface area contributed by atoms with Gasteiger partial charge in [0, 0.05) is 38.2 Å². The Balaban J connectivity index is 1.77. The molecule has 1 N–H and O–H groups in total. The predicted molar refractivity (Wildman–Crippen MR) is 108 cm³/mol. The minimum absolute atomic E-state index is 0.0360. The Morgan fingerprint density at radius 1 is 1.31 bits per heavy atom. The fourth-order valence-electron chi connectivity index (χ4n) is 3.17. The zero-order valence-electron chi connectivity index (χ0n) is 16.9. The van der Waals surface area contributed by atoms with E-state index in [-0.39, 0.29) is 18.4 Å². The van der Waals surface area contributed by atoms with Crippen molar-refractivity contribution in [2.75, 3.05) is 46.8 Å². The average Bonchev–Trinajstić information content (AvgIpc) is 2.63. The van der Waals surface area contributed by atoms with E-state index in [0.29, 0.717) is 42.5 Å². The molecule has 1 aliphatic heterocycles. The van der Waals surface area contributed by atoms with Gasteiger partial charge >= 0.3 is 6.18 Å². The van der Waals surface area contributed by atoms with Crippen molar-refractivity contribution < 1.29 is 22.7 Å². The fourth-order valence-corrected chi connectivity index (χ4v) is 3.39. The summed E-state index contributed by atoms with van der Waals surface area (Å²) in [5.41, 5.74) is 0.473. The van der Waals surface area contributed by atoms with Gasteiger partial charge in [0.15, 0.2) is 0 Å². The first-order valence-corrected chi connectivity index (χ1v) is 10.2. The van der Waals surface area contributed by atoms with Crippen molar-refractivity contribution in [2.24, 2.45) is 0 Å². The van der Waals surface area contributed by atoms with Crippen LogP contribution in [0.1, 0.15) is 36.0 Å². The van der Waals surface area contributed by atoms with Crippen molar-refractivity contribution in [1.29, 1.82) is 0 Å². The molecule has 0 atom stereocenters. The predicted octanol–water partition coefficient (Wildman–Crippen LogP) is 3.82. The molecule has 164 valence electrons. The van der Waals surface area contributed by atoms with Crippen LogP contribution in [0, 0.1) is 0 Å².